The van der Waals surface area contributed by atoms with Crippen LogP contribution in [0.3, 0.4) is 0 Å². The van der Waals surface area contributed by atoms with Gasteiger partial charge in [0.2, 0.25) is 5.78 Å². The Morgan fingerprint density at radius 2 is 1.77 bits per heavy atom. The van der Waals surface area contributed by atoms with Crippen molar-refractivity contribution in [2.45, 2.75) is 110 Å². The number of hydrogen-bond donors (Lipinski definition) is 0. The van der Waals surface area contributed by atoms with Gasteiger partial charge in [0.1, 0.15) is 6.10 Å². The Balaban J connectivity index is 1.46. The van der Waals surface area contributed by atoms with Gasteiger partial charge < -0.3 is 18.9 Å². The van der Waals surface area contributed by atoms with Crippen molar-refractivity contribution in [1.29, 1.82) is 0 Å². The molecule has 4 aliphatic carbocycles. The van der Waals surface area contributed by atoms with Gasteiger partial charge in [0.25, 0.3) is 0 Å². The monoisotopic (exact) mass is 488 g/mol. The van der Waals surface area contributed by atoms with E-state index in [9.17, 15) is 14.4 Å². The van der Waals surface area contributed by atoms with Crippen molar-refractivity contribution < 1.29 is 33.3 Å². The molecule has 194 valence electrons. The van der Waals surface area contributed by atoms with Crippen LogP contribution in [0.2, 0.25) is 0 Å². The Morgan fingerprint density at radius 1 is 1.03 bits per heavy atom. The molecule has 0 spiro atoms. The van der Waals surface area contributed by atoms with Crippen LogP contribution < -0.4 is 0 Å². The molecule has 0 amide bonds. The van der Waals surface area contributed by atoms with Crippen LogP contribution in [0.15, 0.2) is 11.6 Å². The third-order valence-electron chi connectivity index (χ3n) is 10.2. The van der Waals surface area contributed by atoms with Crippen LogP contribution in [0.1, 0.15) is 86.5 Å². The lowest BCUT2D eigenvalue weighted by Gasteiger charge is -2.59. The number of allylic oxidation sites excluding steroid dienone is 1. The van der Waals surface area contributed by atoms with Crippen molar-refractivity contribution in [1.82, 2.24) is 0 Å². The number of ketones is 1. The summed E-state index contributed by atoms with van der Waals surface area (Å²) in [7, 11) is 0. The molecule has 8 atom stereocenters. The van der Waals surface area contributed by atoms with Gasteiger partial charge in [-0.05, 0) is 75.5 Å². The second-order valence-corrected chi connectivity index (χ2v) is 12.5. The number of rotatable bonds is 4. The van der Waals surface area contributed by atoms with Crippen LogP contribution in [0.25, 0.3) is 0 Å². The molecular weight excluding hydrogens is 448 g/mol. The fraction of sp³-hybridized carbons (Fsp3) is 0.821. The molecule has 1 saturated heterocycles. The van der Waals surface area contributed by atoms with Gasteiger partial charge in [-0.3, -0.25) is 14.4 Å². The van der Waals surface area contributed by atoms with E-state index in [1.54, 1.807) is 0 Å². The molecule has 5 rings (SSSR count). The van der Waals surface area contributed by atoms with Crippen molar-refractivity contribution in [3.05, 3.63) is 11.6 Å². The zero-order valence-electron chi connectivity index (χ0n) is 22.0. The van der Waals surface area contributed by atoms with Gasteiger partial charge in [-0.1, -0.05) is 25.5 Å². The van der Waals surface area contributed by atoms with E-state index in [1.165, 1.54) is 19.4 Å². The van der Waals surface area contributed by atoms with Gasteiger partial charge in [0.05, 0.1) is 6.10 Å². The van der Waals surface area contributed by atoms with Gasteiger partial charge in [0.15, 0.2) is 18.0 Å². The molecule has 3 saturated carbocycles. The average Bonchev–Trinajstić information content (AvgIpc) is 3.17. The number of fused-ring (bicyclic) bond motifs is 7. The van der Waals surface area contributed by atoms with Crippen LogP contribution in [-0.2, 0) is 33.3 Å². The highest BCUT2D eigenvalue weighted by Crippen LogP contribution is 2.70. The number of hydrogen-bond acceptors (Lipinski definition) is 7. The van der Waals surface area contributed by atoms with Crippen molar-refractivity contribution >= 4 is 17.7 Å². The molecule has 1 heterocycles. The molecule has 5 aliphatic rings. The highest BCUT2D eigenvalue weighted by molar-refractivity contribution is 5.92. The molecule has 0 N–H and O–H groups in total. The predicted molar refractivity (Wildman–Crippen MR) is 127 cm³/mol. The normalized spacial score (nSPS) is 45.3. The van der Waals surface area contributed by atoms with Crippen molar-refractivity contribution in [2.24, 2.45) is 28.6 Å². The van der Waals surface area contributed by atoms with Crippen LogP contribution in [0, 0.1) is 28.6 Å². The maximum absolute atomic E-state index is 13.7. The molecule has 4 fully saturated rings. The third-order valence-corrected chi connectivity index (χ3v) is 10.2. The van der Waals surface area contributed by atoms with Gasteiger partial charge in [-0.2, -0.15) is 0 Å². The lowest BCUT2D eigenvalue weighted by Crippen LogP contribution is -2.61. The zero-order chi connectivity index (χ0) is 25.4. The summed E-state index contributed by atoms with van der Waals surface area (Å²) >= 11 is 0. The van der Waals surface area contributed by atoms with E-state index in [4.69, 9.17) is 18.9 Å². The van der Waals surface area contributed by atoms with E-state index >= 15 is 0 Å². The van der Waals surface area contributed by atoms with E-state index in [0.717, 1.165) is 44.9 Å². The summed E-state index contributed by atoms with van der Waals surface area (Å²) in [5, 5.41) is 0. The molecule has 0 unspecified atom stereocenters. The Morgan fingerprint density at radius 3 is 2.46 bits per heavy atom. The molecule has 0 radical (unpaired) electrons. The summed E-state index contributed by atoms with van der Waals surface area (Å²) in [6, 6.07) is 0. The first-order valence-electron chi connectivity index (χ1n) is 13.2. The molecular formula is C28H40O7. The van der Waals surface area contributed by atoms with Crippen LogP contribution in [0.5, 0.6) is 0 Å². The molecule has 0 aromatic rings. The standard InChI is InChI=1S/C28H40O7/c1-16(29)32-15-23(31)28-24(34-25(3,4)35-28)14-22-20-8-7-18-13-19(33-17(2)30)9-11-26(18,5)21(20)10-12-27(22,28)6/h7,19-22,24H,8-15H2,1-6H3/t19-,20-,21+,22+,24+,26-,27-,28+/m0/s1. The largest absolute Gasteiger partial charge is 0.462 e. The summed E-state index contributed by atoms with van der Waals surface area (Å²) in [5.74, 6) is -0.461. The Labute approximate surface area is 208 Å². The van der Waals surface area contributed by atoms with Gasteiger partial charge in [-0.25, -0.2) is 0 Å². The Bertz CT molecular complexity index is 968. The molecule has 7 heteroatoms. The minimum absolute atomic E-state index is 0.0192. The highest BCUT2D eigenvalue weighted by atomic mass is 16.8. The van der Waals surface area contributed by atoms with E-state index in [-0.39, 0.29) is 47.3 Å². The summed E-state index contributed by atoms with van der Waals surface area (Å²) in [6.45, 7) is 10.9. The lowest BCUT2D eigenvalue weighted by atomic mass is 9.46. The first kappa shape index (κ1) is 24.9. The molecule has 7 nitrogen and oxygen atoms in total. The summed E-state index contributed by atoms with van der Waals surface area (Å²) in [6.07, 6.45) is 8.41. The summed E-state index contributed by atoms with van der Waals surface area (Å²) in [5.41, 5.74) is 0.0429. The quantitative estimate of drug-likeness (QED) is 0.425. The molecule has 35 heavy (non-hydrogen) atoms. The fourth-order valence-electron chi connectivity index (χ4n) is 8.84. The SMILES string of the molecule is CC(=O)OCC(=O)[C@@]12OC(C)(C)O[C@@H]1C[C@@H]1[C@H]3CC=C4C[C@@H](OC(C)=O)CC[C@]4(C)[C@@H]3CC[C@@]12C. The molecule has 0 bridgehead atoms. The zero-order valence-corrected chi connectivity index (χ0v) is 22.0. The highest BCUT2D eigenvalue weighted by Gasteiger charge is 2.75. The smallest absolute Gasteiger partial charge is 0.303 e. The number of esters is 2. The van der Waals surface area contributed by atoms with Crippen LogP contribution in [-0.4, -0.2) is 47.9 Å². The first-order valence-corrected chi connectivity index (χ1v) is 13.2. The predicted octanol–water partition coefficient (Wildman–Crippen LogP) is 4.51. The van der Waals surface area contributed by atoms with E-state index < -0.39 is 17.4 Å². The van der Waals surface area contributed by atoms with E-state index in [2.05, 4.69) is 19.9 Å². The van der Waals surface area contributed by atoms with Crippen LogP contribution in [0.4, 0.5) is 0 Å². The molecule has 0 aromatic carbocycles. The van der Waals surface area contributed by atoms with Crippen molar-refractivity contribution in [3.63, 3.8) is 0 Å². The van der Waals surface area contributed by atoms with Crippen LogP contribution >= 0.6 is 0 Å². The number of Topliss-reactive ketones (excluding diaryl/α,β-unsaturated/α-hetero) is 1. The third kappa shape index (κ3) is 3.63. The average molecular weight is 489 g/mol. The summed E-state index contributed by atoms with van der Waals surface area (Å²) < 4.78 is 23.7. The van der Waals surface area contributed by atoms with Gasteiger partial charge in [-0.15, -0.1) is 0 Å². The Kier molecular flexibility index (Phi) is 5.80. The fourth-order valence-corrected chi connectivity index (χ4v) is 8.84. The summed E-state index contributed by atoms with van der Waals surface area (Å²) in [4.78, 5) is 36.8. The lowest BCUT2D eigenvalue weighted by molar-refractivity contribution is -0.215. The number of ether oxygens (including phenoxy) is 4. The number of carbonyl (C=O) groups excluding carboxylic acids is 3. The van der Waals surface area contributed by atoms with E-state index in [0.29, 0.717) is 11.8 Å². The van der Waals surface area contributed by atoms with Crippen molar-refractivity contribution in [3.8, 4) is 0 Å². The molecule has 1 aliphatic heterocycles. The maximum atomic E-state index is 13.7. The molecule has 0 aromatic heterocycles. The van der Waals surface area contributed by atoms with Gasteiger partial charge >= 0.3 is 11.9 Å². The topological polar surface area (TPSA) is 88.1 Å². The van der Waals surface area contributed by atoms with E-state index in [1.807, 2.05) is 13.8 Å². The van der Waals surface area contributed by atoms with Gasteiger partial charge in [0, 0.05) is 25.7 Å². The second-order valence-electron chi connectivity index (χ2n) is 12.5. The minimum atomic E-state index is -1.10. The Hall–Kier alpha value is -1.73. The first-order chi connectivity index (χ1) is 16.3. The maximum Gasteiger partial charge on any atom is 0.303 e. The van der Waals surface area contributed by atoms with Crippen molar-refractivity contribution in [2.75, 3.05) is 6.61 Å². The minimum Gasteiger partial charge on any atom is -0.462 e. The second kappa shape index (κ2) is 8.14. The number of carbonyl (C=O) groups is 3.